The largest absolute Gasteiger partial charge is 0.319 e. The van der Waals surface area contributed by atoms with Crippen LogP contribution in [0.3, 0.4) is 0 Å². The number of benzene rings is 2. The quantitative estimate of drug-likeness (QED) is 0.620. The Bertz CT molecular complexity index is 819. The second-order valence-corrected chi connectivity index (χ2v) is 8.01. The summed E-state index contributed by atoms with van der Waals surface area (Å²) in [6.45, 7) is 1.09. The van der Waals surface area contributed by atoms with Gasteiger partial charge in [0.15, 0.2) is 0 Å². The van der Waals surface area contributed by atoms with Gasteiger partial charge in [-0.2, -0.15) is 0 Å². The molecule has 0 fully saturated rings. The molecule has 0 saturated carbocycles. The van der Waals surface area contributed by atoms with Crippen molar-refractivity contribution in [2.24, 2.45) is 0 Å². The fourth-order valence-corrected chi connectivity index (χ4v) is 5.37. The summed E-state index contributed by atoms with van der Waals surface area (Å²) < 4.78 is 1.46. The number of hydrogen-bond donors (Lipinski definition) is 1. The first kappa shape index (κ1) is 15.9. The second kappa shape index (κ2) is 7.08. The van der Waals surface area contributed by atoms with Crippen molar-refractivity contribution in [1.82, 2.24) is 5.32 Å². The van der Waals surface area contributed by atoms with E-state index in [2.05, 4.69) is 60.9 Å². The van der Waals surface area contributed by atoms with Crippen molar-refractivity contribution in [2.75, 3.05) is 13.6 Å². The molecule has 1 heterocycles. The molecular weight excluding hydrogens is 310 g/mol. The number of nitrogens with one attached hydrogen (secondary N) is 1. The monoisotopic (exact) mass is 335 g/mol. The van der Waals surface area contributed by atoms with Crippen LogP contribution in [-0.4, -0.2) is 13.6 Å². The standard InChI is InChI=1S/C22H25NS/c1-23-15-18-10-6-3-7-11-21-22(18)19-14-17(12-13-20(19)24-21)16-8-4-2-5-9-16/h2,4-5,8-9,12-14,18,23H,3,6-7,10-11,15H2,1H3. The highest BCUT2D eigenvalue weighted by molar-refractivity contribution is 7.19. The second-order valence-electron chi connectivity index (χ2n) is 6.87. The molecule has 1 nitrogen and oxygen atoms in total. The van der Waals surface area contributed by atoms with Gasteiger partial charge in [-0.1, -0.05) is 49.2 Å². The molecule has 124 valence electrons. The molecule has 0 spiro atoms. The van der Waals surface area contributed by atoms with Crippen molar-refractivity contribution in [3.63, 3.8) is 0 Å². The van der Waals surface area contributed by atoms with Crippen molar-refractivity contribution in [2.45, 2.75) is 38.0 Å². The number of rotatable bonds is 3. The van der Waals surface area contributed by atoms with Crippen LogP contribution < -0.4 is 5.32 Å². The molecule has 24 heavy (non-hydrogen) atoms. The van der Waals surface area contributed by atoms with Crippen LogP contribution in [-0.2, 0) is 6.42 Å². The first-order chi connectivity index (χ1) is 11.9. The van der Waals surface area contributed by atoms with Crippen LogP contribution in [0.2, 0.25) is 0 Å². The van der Waals surface area contributed by atoms with Gasteiger partial charge in [-0.3, -0.25) is 0 Å². The fourth-order valence-electron chi connectivity index (χ4n) is 4.06. The summed E-state index contributed by atoms with van der Waals surface area (Å²) in [7, 11) is 2.09. The summed E-state index contributed by atoms with van der Waals surface area (Å²) in [4.78, 5) is 1.63. The van der Waals surface area contributed by atoms with E-state index in [1.54, 1.807) is 10.4 Å². The van der Waals surface area contributed by atoms with E-state index >= 15 is 0 Å². The van der Waals surface area contributed by atoms with Crippen LogP contribution >= 0.6 is 11.3 Å². The Hall–Kier alpha value is -1.64. The Morgan fingerprint density at radius 2 is 1.88 bits per heavy atom. The van der Waals surface area contributed by atoms with E-state index in [-0.39, 0.29) is 0 Å². The summed E-state index contributed by atoms with van der Waals surface area (Å²) in [5.74, 6) is 0.657. The van der Waals surface area contributed by atoms with E-state index in [9.17, 15) is 0 Å². The molecule has 4 rings (SSSR count). The molecule has 1 atom stereocenters. The molecule has 0 aliphatic heterocycles. The third-order valence-corrected chi connectivity index (χ3v) is 6.47. The number of aryl methyl sites for hydroxylation is 1. The molecule has 2 aromatic carbocycles. The molecule has 0 radical (unpaired) electrons. The topological polar surface area (TPSA) is 12.0 Å². The zero-order chi connectivity index (χ0) is 16.4. The third kappa shape index (κ3) is 3.01. The van der Waals surface area contributed by atoms with Crippen LogP contribution in [0.25, 0.3) is 21.2 Å². The molecule has 1 N–H and O–H groups in total. The molecule has 1 unspecified atom stereocenters. The van der Waals surface area contributed by atoms with Gasteiger partial charge in [0.25, 0.3) is 0 Å². The molecule has 2 heteroatoms. The van der Waals surface area contributed by atoms with Crippen LogP contribution in [0.15, 0.2) is 48.5 Å². The number of likely N-dealkylation sites (N-methyl/N-ethyl adjacent to an activating group) is 1. The minimum atomic E-state index is 0.657. The number of fused-ring (bicyclic) bond motifs is 3. The molecule has 0 amide bonds. The van der Waals surface area contributed by atoms with Crippen LogP contribution in [0, 0.1) is 0 Å². The maximum Gasteiger partial charge on any atom is 0.0349 e. The van der Waals surface area contributed by atoms with Crippen LogP contribution in [0.4, 0.5) is 0 Å². The highest BCUT2D eigenvalue weighted by Gasteiger charge is 2.22. The predicted molar refractivity (Wildman–Crippen MR) is 106 cm³/mol. The summed E-state index contributed by atoms with van der Waals surface area (Å²) in [5, 5.41) is 4.93. The zero-order valence-corrected chi connectivity index (χ0v) is 15.2. The Labute approximate surface area is 148 Å². The van der Waals surface area contributed by atoms with Crippen molar-refractivity contribution in [3.8, 4) is 11.1 Å². The van der Waals surface area contributed by atoms with Gasteiger partial charge in [0, 0.05) is 16.1 Å². The van der Waals surface area contributed by atoms with E-state index in [1.807, 2.05) is 11.3 Å². The highest BCUT2D eigenvalue weighted by Crippen LogP contribution is 2.41. The fraction of sp³-hybridized carbons (Fsp3) is 0.364. The van der Waals surface area contributed by atoms with Gasteiger partial charge >= 0.3 is 0 Å². The van der Waals surface area contributed by atoms with E-state index in [4.69, 9.17) is 0 Å². The lowest BCUT2D eigenvalue weighted by Gasteiger charge is -2.21. The average molecular weight is 336 g/mol. The maximum absolute atomic E-state index is 3.43. The van der Waals surface area contributed by atoms with E-state index in [0.29, 0.717) is 5.92 Å². The number of hydrogen-bond acceptors (Lipinski definition) is 2. The smallest absolute Gasteiger partial charge is 0.0349 e. The minimum Gasteiger partial charge on any atom is -0.319 e. The molecule has 0 saturated heterocycles. The summed E-state index contributed by atoms with van der Waals surface area (Å²) >= 11 is 2.03. The van der Waals surface area contributed by atoms with Gasteiger partial charge < -0.3 is 5.32 Å². The Morgan fingerprint density at radius 3 is 2.71 bits per heavy atom. The van der Waals surface area contributed by atoms with E-state index in [1.165, 1.54) is 53.3 Å². The Morgan fingerprint density at radius 1 is 1.00 bits per heavy atom. The lowest BCUT2D eigenvalue weighted by atomic mass is 9.87. The van der Waals surface area contributed by atoms with Gasteiger partial charge in [0.2, 0.25) is 0 Å². The van der Waals surface area contributed by atoms with Crippen LogP contribution in [0.5, 0.6) is 0 Å². The SMILES string of the molecule is CNCC1CCCCCc2sc3ccc(-c4ccccc4)cc3c21. The van der Waals surface area contributed by atoms with Gasteiger partial charge in [0.05, 0.1) is 0 Å². The molecule has 1 aliphatic rings. The van der Waals surface area contributed by atoms with Gasteiger partial charge in [-0.05, 0) is 66.4 Å². The first-order valence-corrected chi connectivity index (χ1v) is 9.94. The molecule has 0 bridgehead atoms. The van der Waals surface area contributed by atoms with Gasteiger partial charge in [-0.15, -0.1) is 11.3 Å². The lowest BCUT2D eigenvalue weighted by molar-refractivity contribution is 0.521. The van der Waals surface area contributed by atoms with Crippen molar-refractivity contribution < 1.29 is 0 Å². The van der Waals surface area contributed by atoms with Gasteiger partial charge in [0.1, 0.15) is 0 Å². The number of thiophene rings is 1. The molecule has 3 aromatic rings. The van der Waals surface area contributed by atoms with Crippen molar-refractivity contribution in [3.05, 3.63) is 59.0 Å². The van der Waals surface area contributed by atoms with Crippen molar-refractivity contribution in [1.29, 1.82) is 0 Å². The van der Waals surface area contributed by atoms with Gasteiger partial charge in [-0.25, -0.2) is 0 Å². The Balaban J connectivity index is 1.86. The lowest BCUT2D eigenvalue weighted by Crippen LogP contribution is -2.18. The first-order valence-electron chi connectivity index (χ1n) is 9.12. The Kier molecular flexibility index (Phi) is 4.68. The normalized spacial score (nSPS) is 18.1. The van der Waals surface area contributed by atoms with E-state index in [0.717, 1.165) is 6.54 Å². The zero-order valence-electron chi connectivity index (χ0n) is 14.3. The summed E-state index contributed by atoms with van der Waals surface area (Å²) in [6, 6.07) is 17.8. The highest BCUT2D eigenvalue weighted by atomic mass is 32.1. The van der Waals surface area contributed by atoms with Crippen LogP contribution in [0.1, 0.15) is 42.0 Å². The van der Waals surface area contributed by atoms with E-state index < -0.39 is 0 Å². The third-order valence-electron chi connectivity index (χ3n) is 5.23. The molecular formula is C22H25NS. The maximum atomic E-state index is 3.43. The summed E-state index contributed by atoms with van der Waals surface area (Å²) in [6.07, 6.45) is 6.66. The molecule has 1 aromatic heterocycles. The average Bonchev–Trinajstić information content (AvgIpc) is 2.96. The summed E-state index contributed by atoms with van der Waals surface area (Å²) in [5.41, 5.74) is 4.30. The minimum absolute atomic E-state index is 0.657. The predicted octanol–water partition coefficient (Wildman–Crippen LogP) is 5.99. The van der Waals surface area contributed by atoms with Crippen molar-refractivity contribution >= 4 is 21.4 Å². The molecule has 1 aliphatic carbocycles.